The Labute approximate surface area is 160 Å². The van der Waals surface area contributed by atoms with Crippen LogP contribution in [0.4, 0.5) is 0 Å². The number of hydrogen-bond donors (Lipinski definition) is 1. The van der Waals surface area contributed by atoms with Crippen LogP contribution in [0.1, 0.15) is 32.8 Å². The summed E-state index contributed by atoms with van der Waals surface area (Å²) < 4.78 is 7.31. The zero-order valence-corrected chi connectivity index (χ0v) is 15.7. The van der Waals surface area contributed by atoms with Crippen LogP contribution in [0.2, 0.25) is 0 Å². The van der Waals surface area contributed by atoms with Crippen molar-refractivity contribution in [3.05, 3.63) is 71.7 Å². The Morgan fingerprint density at radius 1 is 1.30 bits per heavy atom. The number of thioether (sulfide) groups is 1. The Morgan fingerprint density at radius 3 is 2.70 bits per heavy atom. The fourth-order valence-electron chi connectivity index (χ4n) is 3.04. The molecular weight excluding hydrogens is 364 g/mol. The van der Waals surface area contributed by atoms with Gasteiger partial charge in [0.1, 0.15) is 16.9 Å². The number of carbonyl (C=O) groups is 2. The van der Waals surface area contributed by atoms with Gasteiger partial charge >= 0.3 is 0 Å². The summed E-state index contributed by atoms with van der Waals surface area (Å²) in [7, 11) is 0. The SMILES string of the molecule is Cc1cc(C(=O)NN2C(=O)CS[C@@H]2c2ccc(-n3ccnc3)cc2)c(C)o1. The summed E-state index contributed by atoms with van der Waals surface area (Å²) in [4.78, 5) is 28.9. The minimum Gasteiger partial charge on any atom is -0.466 e. The summed E-state index contributed by atoms with van der Waals surface area (Å²) in [6.45, 7) is 3.51. The molecule has 1 N–H and O–H groups in total. The second kappa shape index (κ2) is 6.96. The van der Waals surface area contributed by atoms with E-state index < -0.39 is 0 Å². The second-order valence-electron chi connectivity index (χ2n) is 6.26. The van der Waals surface area contributed by atoms with Crippen molar-refractivity contribution in [2.75, 3.05) is 5.75 Å². The molecule has 0 unspecified atom stereocenters. The number of aromatic nitrogens is 2. The fraction of sp³-hybridized carbons (Fsp3) is 0.211. The van der Waals surface area contributed by atoms with E-state index in [1.54, 1.807) is 32.4 Å². The number of amides is 2. The Bertz CT molecular complexity index is 979. The lowest BCUT2D eigenvalue weighted by Crippen LogP contribution is -2.44. The van der Waals surface area contributed by atoms with Crippen molar-refractivity contribution in [1.29, 1.82) is 0 Å². The van der Waals surface area contributed by atoms with Crippen LogP contribution in [0.5, 0.6) is 0 Å². The normalized spacial score (nSPS) is 16.7. The molecule has 0 bridgehead atoms. The number of rotatable bonds is 4. The van der Waals surface area contributed by atoms with Gasteiger partial charge in [-0.3, -0.25) is 15.0 Å². The van der Waals surface area contributed by atoms with Gasteiger partial charge in [-0.15, -0.1) is 11.8 Å². The fourth-order valence-corrected chi connectivity index (χ4v) is 4.15. The predicted molar refractivity (Wildman–Crippen MR) is 101 cm³/mol. The van der Waals surface area contributed by atoms with E-state index in [0.29, 0.717) is 22.8 Å². The number of hydrogen-bond acceptors (Lipinski definition) is 5. The summed E-state index contributed by atoms with van der Waals surface area (Å²) >= 11 is 1.48. The van der Waals surface area contributed by atoms with Gasteiger partial charge in [0, 0.05) is 18.1 Å². The van der Waals surface area contributed by atoms with Crippen LogP contribution in [0.3, 0.4) is 0 Å². The zero-order valence-electron chi connectivity index (χ0n) is 14.9. The van der Waals surface area contributed by atoms with Gasteiger partial charge in [0.05, 0.1) is 17.6 Å². The molecule has 3 aromatic rings. The molecule has 0 aliphatic carbocycles. The third-order valence-electron chi connectivity index (χ3n) is 4.36. The van der Waals surface area contributed by atoms with Crippen molar-refractivity contribution >= 4 is 23.6 Å². The molecule has 27 heavy (non-hydrogen) atoms. The quantitative estimate of drug-likeness (QED) is 0.750. The van der Waals surface area contributed by atoms with Gasteiger partial charge in [0.15, 0.2) is 0 Å². The topological polar surface area (TPSA) is 80.4 Å². The van der Waals surface area contributed by atoms with Crippen LogP contribution in [-0.2, 0) is 4.79 Å². The van der Waals surface area contributed by atoms with E-state index in [0.717, 1.165) is 11.3 Å². The molecule has 7 nitrogen and oxygen atoms in total. The van der Waals surface area contributed by atoms with Crippen molar-refractivity contribution in [1.82, 2.24) is 20.0 Å². The average Bonchev–Trinajstić information content (AvgIpc) is 3.37. The molecule has 0 radical (unpaired) electrons. The van der Waals surface area contributed by atoms with Crippen molar-refractivity contribution in [3.63, 3.8) is 0 Å². The maximum absolute atomic E-state index is 12.6. The van der Waals surface area contributed by atoms with Crippen LogP contribution < -0.4 is 5.43 Å². The van der Waals surface area contributed by atoms with Crippen molar-refractivity contribution in [2.24, 2.45) is 0 Å². The molecule has 1 atom stereocenters. The highest BCUT2D eigenvalue weighted by Gasteiger charge is 2.35. The Hall–Kier alpha value is -3.00. The highest BCUT2D eigenvalue weighted by Crippen LogP contribution is 2.37. The molecule has 0 saturated carbocycles. The van der Waals surface area contributed by atoms with Crippen LogP contribution >= 0.6 is 11.8 Å². The molecule has 4 rings (SSSR count). The first kappa shape index (κ1) is 17.4. The van der Waals surface area contributed by atoms with Crippen LogP contribution in [-0.4, -0.2) is 32.1 Å². The highest BCUT2D eigenvalue weighted by atomic mass is 32.2. The van der Waals surface area contributed by atoms with E-state index in [2.05, 4.69) is 10.4 Å². The molecule has 8 heteroatoms. The number of imidazole rings is 1. The number of benzene rings is 1. The number of nitrogens with one attached hydrogen (secondary N) is 1. The minimum atomic E-state index is -0.347. The smallest absolute Gasteiger partial charge is 0.273 e. The van der Waals surface area contributed by atoms with E-state index >= 15 is 0 Å². The van der Waals surface area contributed by atoms with E-state index in [9.17, 15) is 9.59 Å². The summed E-state index contributed by atoms with van der Waals surface area (Å²) in [5.74, 6) is 1.03. The zero-order chi connectivity index (χ0) is 19.0. The summed E-state index contributed by atoms with van der Waals surface area (Å²) in [6, 6.07) is 9.51. The molecule has 2 aromatic heterocycles. The van der Waals surface area contributed by atoms with Gasteiger partial charge in [0.25, 0.3) is 11.8 Å². The average molecular weight is 382 g/mol. The molecule has 1 aliphatic rings. The predicted octanol–water partition coefficient (Wildman–Crippen LogP) is 3.00. The third-order valence-corrected chi connectivity index (χ3v) is 5.57. The molecule has 1 fully saturated rings. The lowest BCUT2D eigenvalue weighted by molar-refractivity contribution is -0.130. The molecule has 1 saturated heterocycles. The maximum atomic E-state index is 12.6. The first-order valence-corrected chi connectivity index (χ1v) is 9.48. The van der Waals surface area contributed by atoms with Gasteiger partial charge in [-0.2, -0.15) is 0 Å². The molecule has 1 aliphatic heterocycles. The summed E-state index contributed by atoms with van der Waals surface area (Å²) in [5, 5.41) is 1.13. The van der Waals surface area contributed by atoms with E-state index in [1.807, 2.05) is 35.0 Å². The molecular formula is C19H18N4O3S. The largest absolute Gasteiger partial charge is 0.466 e. The summed E-state index contributed by atoms with van der Waals surface area (Å²) in [5.41, 5.74) is 5.09. The maximum Gasteiger partial charge on any atom is 0.273 e. The Kier molecular flexibility index (Phi) is 4.49. The summed E-state index contributed by atoms with van der Waals surface area (Å²) in [6.07, 6.45) is 5.31. The third kappa shape index (κ3) is 3.35. The number of aryl methyl sites for hydroxylation is 2. The highest BCUT2D eigenvalue weighted by molar-refractivity contribution is 8.00. The molecule has 1 aromatic carbocycles. The Balaban J connectivity index is 1.54. The number of carbonyl (C=O) groups excluding carboxylic acids is 2. The second-order valence-corrected chi connectivity index (χ2v) is 7.32. The first-order chi connectivity index (χ1) is 13.0. The molecule has 138 valence electrons. The van der Waals surface area contributed by atoms with E-state index in [4.69, 9.17) is 4.42 Å². The van der Waals surface area contributed by atoms with Crippen molar-refractivity contribution < 1.29 is 14.0 Å². The van der Waals surface area contributed by atoms with Gasteiger partial charge in [-0.25, -0.2) is 9.99 Å². The van der Waals surface area contributed by atoms with Crippen molar-refractivity contribution in [2.45, 2.75) is 19.2 Å². The molecule has 2 amide bonds. The number of furan rings is 1. The standard InChI is InChI=1S/C19H18N4O3S/c1-12-9-16(13(2)26-12)18(25)21-23-17(24)10-27-19(23)14-3-5-15(6-4-14)22-8-7-20-11-22/h3-9,11,19H,10H2,1-2H3,(H,21,25)/t19-/m1/s1. The van der Waals surface area contributed by atoms with Gasteiger partial charge in [-0.1, -0.05) is 12.1 Å². The molecule has 0 spiro atoms. The monoisotopic (exact) mass is 382 g/mol. The van der Waals surface area contributed by atoms with Gasteiger partial charge < -0.3 is 8.98 Å². The molecule has 3 heterocycles. The van der Waals surface area contributed by atoms with Crippen LogP contribution in [0.25, 0.3) is 5.69 Å². The van der Waals surface area contributed by atoms with Gasteiger partial charge in [0.2, 0.25) is 0 Å². The number of nitrogens with zero attached hydrogens (tertiary/aromatic N) is 3. The minimum absolute atomic E-state index is 0.130. The number of hydrazine groups is 1. The van der Waals surface area contributed by atoms with Gasteiger partial charge in [-0.05, 0) is 37.6 Å². The van der Waals surface area contributed by atoms with E-state index in [1.165, 1.54) is 16.8 Å². The van der Waals surface area contributed by atoms with Crippen molar-refractivity contribution in [3.8, 4) is 5.69 Å². The lowest BCUT2D eigenvalue weighted by atomic mass is 10.2. The van der Waals surface area contributed by atoms with Crippen LogP contribution in [0.15, 0.2) is 53.5 Å². The van der Waals surface area contributed by atoms with E-state index in [-0.39, 0.29) is 17.2 Å². The first-order valence-electron chi connectivity index (χ1n) is 8.43. The van der Waals surface area contributed by atoms with Crippen LogP contribution in [0, 0.1) is 13.8 Å². The lowest BCUT2D eigenvalue weighted by Gasteiger charge is -2.24. The Morgan fingerprint density at radius 2 is 2.07 bits per heavy atom.